The molecule has 1 aromatic rings. The highest BCUT2D eigenvalue weighted by atomic mass is 16.5. The number of quaternary nitrogens is 1. The van der Waals surface area contributed by atoms with E-state index in [0.29, 0.717) is 0 Å². The molecule has 3 heteroatoms. The Morgan fingerprint density at radius 3 is 2.75 bits per heavy atom. The molecular formula is C13H22NO2+. The Balaban J connectivity index is 2.16. The molecule has 0 saturated heterocycles. The van der Waals surface area contributed by atoms with Crippen molar-refractivity contribution in [2.24, 2.45) is 0 Å². The van der Waals surface area contributed by atoms with Gasteiger partial charge in [0, 0.05) is 7.11 Å². The fraction of sp³-hybridized carbons (Fsp3) is 0.538. The molecule has 0 unspecified atom stereocenters. The van der Waals surface area contributed by atoms with E-state index >= 15 is 0 Å². The minimum Gasteiger partial charge on any atom is -0.488 e. The van der Waals surface area contributed by atoms with E-state index in [0.717, 1.165) is 38.5 Å². The van der Waals surface area contributed by atoms with Gasteiger partial charge in [-0.15, -0.1) is 0 Å². The fourth-order valence-corrected chi connectivity index (χ4v) is 1.46. The van der Waals surface area contributed by atoms with Gasteiger partial charge in [-0.1, -0.05) is 19.1 Å². The molecule has 0 bridgehead atoms. The van der Waals surface area contributed by atoms with Crippen molar-refractivity contribution in [3.63, 3.8) is 0 Å². The maximum absolute atomic E-state index is 5.66. The SMILES string of the molecule is CCc1cccc(OCC[NH2+]CCOC)c1. The summed E-state index contributed by atoms with van der Waals surface area (Å²) in [5.74, 6) is 0.972. The van der Waals surface area contributed by atoms with Crippen molar-refractivity contribution in [3.05, 3.63) is 29.8 Å². The topological polar surface area (TPSA) is 35.1 Å². The van der Waals surface area contributed by atoms with Crippen LogP contribution in [0.2, 0.25) is 0 Å². The van der Waals surface area contributed by atoms with E-state index in [1.54, 1.807) is 7.11 Å². The lowest BCUT2D eigenvalue weighted by molar-refractivity contribution is -0.656. The van der Waals surface area contributed by atoms with Crippen LogP contribution in [0, 0.1) is 0 Å². The van der Waals surface area contributed by atoms with Gasteiger partial charge in [-0.05, 0) is 24.1 Å². The van der Waals surface area contributed by atoms with Gasteiger partial charge in [0.2, 0.25) is 0 Å². The van der Waals surface area contributed by atoms with Crippen molar-refractivity contribution in [1.29, 1.82) is 0 Å². The highest BCUT2D eigenvalue weighted by Gasteiger charge is 1.96. The number of rotatable bonds is 8. The van der Waals surface area contributed by atoms with E-state index in [2.05, 4.69) is 24.4 Å². The van der Waals surface area contributed by atoms with E-state index < -0.39 is 0 Å². The Morgan fingerprint density at radius 2 is 2.00 bits per heavy atom. The minimum absolute atomic E-state index is 0.747. The third kappa shape index (κ3) is 5.14. The summed E-state index contributed by atoms with van der Waals surface area (Å²) in [6.45, 7) is 5.66. The first-order valence-electron chi connectivity index (χ1n) is 5.89. The molecule has 90 valence electrons. The van der Waals surface area contributed by atoms with Gasteiger partial charge in [0.25, 0.3) is 0 Å². The monoisotopic (exact) mass is 224 g/mol. The van der Waals surface area contributed by atoms with E-state index in [-0.39, 0.29) is 0 Å². The van der Waals surface area contributed by atoms with E-state index in [9.17, 15) is 0 Å². The molecule has 0 radical (unpaired) electrons. The van der Waals surface area contributed by atoms with Gasteiger partial charge in [0.1, 0.15) is 18.9 Å². The molecule has 0 amide bonds. The lowest BCUT2D eigenvalue weighted by atomic mass is 10.2. The molecular weight excluding hydrogens is 202 g/mol. The summed E-state index contributed by atoms with van der Waals surface area (Å²) < 4.78 is 10.6. The number of methoxy groups -OCH3 is 1. The lowest BCUT2D eigenvalue weighted by Crippen LogP contribution is -2.86. The summed E-state index contributed by atoms with van der Waals surface area (Å²) >= 11 is 0. The Morgan fingerprint density at radius 1 is 1.19 bits per heavy atom. The highest BCUT2D eigenvalue weighted by molar-refractivity contribution is 5.28. The van der Waals surface area contributed by atoms with Gasteiger partial charge >= 0.3 is 0 Å². The first-order valence-corrected chi connectivity index (χ1v) is 5.89. The Hall–Kier alpha value is -1.06. The van der Waals surface area contributed by atoms with E-state index in [4.69, 9.17) is 9.47 Å². The molecule has 0 fully saturated rings. The van der Waals surface area contributed by atoms with Crippen LogP contribution in [0.3, 0.4) is 0 Å². The van der Waals surface area contributed by atoms with Gasteiger partial charge in [-0.2, -0.15) is 0 Å². The smallest absolute Gasteiger partial charge is 0.137 e. The molecule has 0 atom stereocenters. The summed E-state index contributed by atoms with van der Waals surface area (Å²) in [6.07, 6.45) is 1.05. The first kappa shape index (κ1) is 13.0. The van der Waals surface area contributed by atoms with Crippen LogP contribution in [0.25, 0.3) is 0 Å². The second-order valence-electron chi connectivity index (χ2n) is 3.71. The molecule has 3 nitrogen and oxygen atoms in total. The van der Waals surface area contributed by atoms with E-state index in [1.807, 2.05) is 12.1 Å². The van der Waals surface area contributed by atoms with Crippen molar-refractivity contribution >= 4 is 0 Å². The molecule has 1 aromatic carbocycles. The van der Waals surface area contributed by atoms with Crippen LogP contribution in [0.5, 0.6) is 5.75 Å². The number of benzene rings is 1. The Kier molecular flexibility index (Phi) is 6.61. The van der Waals surface area contributed by atoms with Crippen LogP contribution >= 0.6 is 0 Å². The van der Waals surface area contributed by atoms with Crippen LogP contribution in [0.1, 0.15) is 12.5 Å². The molecule has 0 aliphatic carbocycles. The molecule has 2 N–H and O–H groups in total. The second-order valence-corrected chi connectivity index (χ2v) is 3.71. The predicted molar refractivity (Wildman–Crippen MR) is 64.9 cm³/mol. The number of aryl methyl sites for hydroxylation is 1. The normalized spacial score (nSPS) is 10.4. The average molecular weight is 224 g/mol. The zero-order valence-corrected chi connectivity index (χ0v) is 10.2. The molecule has 0 spiro atoms. The third-order valence-electron chi connectivity index (χ3n) is 2.42. The van der Waals surface area contributed by atoms with Crippen LogP contribution in [-0.2, 0) is 11.2 Å². The molecule has 0 aromatic heterocycles. The maximum atomic E-state index is 5.66. The van der Waals surface area contributed by atoms with Gasteiger partial charge in [0.15, 0.2) is 0 Å². The Bertz CT molecular complexity index is 289. The minimum atomic E-state index is 0.747. The highest BCUT2D eigenvalue weighted by Crippen LogP contribution is 2.12. The summed E-state index contributed by atoms with van der Waals surface area (Å²) in [5, 5.41) is 2.20. The molecule has 0 aliphatic heterocycles. The van der Waals surface area contributed by atoms with Crippen LogP contribution in [0.4, 0.5) is 0 Å². The average Bonchev–Trinajstić information content (AvgIpc) is 2.34. The van der Waals surface area contributed by atoms with Crippen molar-refractivity contribution < 1.29 is 14.8 Å². The third-order valence-corrected chi connectivity index (χ3v) is 2.42. The van der Waals surface area contributed by atoms with Gasteiger partial charge in [0.05, 0.1) is 13.2 Å². The molecule has 0 saturated carbocycles. The summed E-state index contributed by atoms with van der Waals surface area (Å²) in [7, 11) is 1.72. The summed E-state index contributed by atoms with van der Waals surface area (Å²) in [6, 6.07) is 8.28. The second kappa shape index (κ2) is 8.13. The van der Waals surface area contributed by atoms with Gasteiger partial charge < -0.3 is 14.8 Å². The fourth-order valence-electron chi connectivity index (χ4n) is 1.46. The zero-order chi connectivity index (χ0) is 11.6. The summed E-state index contributed by atoms with van der Waals surface area (Å²) in [4.78, 5) is 0. The van der Waals surface area contributed by atoms with Crippen molar-refractivity contribution in [2.45, 2.75) is 13.3 Å². The van der Waals surface area contributed by atoms with Gasteiger partial charge in [-0.25, -0.2) is 0 Å². The molecule has 0 aliphatic rings. The van der Waals surface area contributed by atoms with Crippen molar-refractivity contribution in [3.8, 4) is 5.75 Å². The van der Waals surface area contributed by atoms with E-state index in [1.165, 1.54) is 5.56 Å². The largest absolute Gasteiger partial charge is 0.488 e. The Labute approximate surface area is 97.8 Å². The van der Waals surface area contributed by atoms with Crippen LogP contribution in [0.15, 0.2) is 24.3 Å². The van der Waals surface area contributed by atoms with Crippen molar-refractivity contribution in [2.75, 3.05) is 33.4 Å². The standard InChI is InChI=1S/C13H21NO2/c1-3-12-5-4-6-13(11-12)16-10-8-14-7-9-15-2/h4-6,11,14H,3,7-10H2,1-2H3/p+1. The zero-order valence-electron chi connectivity index (χ0n) is 10.2. The van der Waals surface area contributed by atoms with Crippen LogP contribution in [-0.4, -0.2) is 33.4 Å². The molecule has 16 heavy (non-hydrogen) atoms. The number of hydrogen-bond acceptors (Lipinski definition) is 2. The van der Waals surface area contributed by atoms with Crippen molar-refractivity contribution in [1.82, 2.24) is 0 Å². The quantitative estimate of drug-likeness (QED) is 0.664. The number of ether oxygens (including phenoxy) is 2. The maximum Gasteiger partial charge on any atom is 0.137 e. The first-order chi connectivity index (χ1) is 7.86. The van der Waals surface area contributed by atoms with Crippen LogP contribution < -0.4 is 10.1 Å². The predicted octanol–water partition coefficient (Wildman–Crippen LogP) is 0.838. The number of hydrogen-bond donors (Lipinski definition) is 1. The van der Waals surface area contributed by atoms with Gasteiger partial charge in [-0.3, -0.25) is 0 Å². The lowest BCUT2D eigenvalue weighted by Gasteiger charge is -2.06. The molecule has 0 heterocycles. The summed E-state index contributed by atoms with van der Waals surface area (Å²) in [5.41, 5.74) is 1.32. The number of nitrogens with two attached hydrogens (primary N) is 1. The molecule has 1 rings (SSSR count).